The van der Waals surface area contributed by atoms with Crippen LogP contribution in [0.3, 0.4) is 0 Å². The molecular weight excluding hydrogens is 308 g/mol. The van der Waals surface area contributed by atoms with Gasteiger partial charge in [0, 0.05) is 6.04 Å². The highest BCUT2D eigenvalue weighted by Crippen LogP contribution is 2.14. The Kier molecular flexibility index (Phi) is 6.85. The summed E-state index contributed by atoms with van der Waals surface area (Å²) in [6.07, 6.45) is 0. The van der Waals surface area contributed by atoms with Gasteiger partial charge in [0.1, 0.15) is 6.04 Å². The molecule has 0 saturated heterocycles. The molecule has 1 atom stereocenters. The van der Waals surface area contributed by atoms with Gasteiger partial charge in [-0.15, -0.1) is 0 Å². The Balaban J connectivity index is 2.49. The standard InChI is InChI=1S/C15H19ClN2O4/c1-9(2)17-13(19)8-22-15(21)10(3)18-14(20)11-6-4-5-7-12(11)16/h4-7,9-10H,8H2,1-3H3,(H,17,19)(H,18,20). The number of hydrogen-bond acceptors (Lipinski definition) is 4. The van der Waals surface area contributed by atoms with E-state index < -0.39 is 23.8 Å². The molecule has 0 aliphatic heterocycles. The zero-order valence-electron chi connectivity index (χ0n) is 12.7. The van der Waals surface area contributed by atoms with Crippen molar-refractivity contribution < 1.29 is 19.1 Å². The van der Waals surface area contributed by atoms with Crippen LogP contribution in [0.15, 0.2) is 24.3 Å². The summed E-state index contributed by atoms with van der Waals surface area (Å²) >= 11 is 5.90. The molecule has 1 rings (SSSR count). The predicted octanol–water partition coefficient (Wildman–Crippen LogP) is 1.53. The first-order valence-corrected chi connectivity index (χ1v) is 7.20. The second-order valence-electron chi connectivity index (χ2n) is 5.00. The Hall–Kier alpha value is -2.08. The van der Waals surface area contributed by atoms with E-state index in [1.807, 2.05) is 0 Å². The minimum atomic E-state index is -0.893. The minimum absolute atomic E-state index is 0.0384. The van der Waals surface area contributed by atoms with Crippen molar-refractivity contribution in [3.05, 3.63) is 34.9 Å². The SMILES string of the molecule is CC(C)NC(=O)COC(=O)C(C)NC(=O)c1ccccc1Cl. The predicted molar refractivity (Wildman–Crippen MR) is 82.6 cm³/mol. The second-order valence-corrected chi connectivity index (χ2v) is 5.41. The van der Waals surface area contributed by atoms with Crippen LogP contribution >= 0.6 is 11.6 Å². The second kappa shape index (κ2) is 8.38. The Morgan fingerprint density at radius 1 is 1.14 bits per heavy atom. The van der Waals surface area contributed by atoms with Crippen molar-refractivity contribution in [3.63, 3.8) is 0 Å². The first kappa shape index (κ1) is 18.0. The van der Waals surface area contributed by atoms with Crippen LogP contribution in [0.4, 0.5) is 0 Å². The van der Waals surface area contributed by atoms with Crippen molar-refractivity contribution in [3.8, 4) is 0 Å². The Bertz CT molecular complexity index is 560. The van der Waals surface area contributed by atoms with Crippen LogP contribution in [0.5, 0.6) is 0 Å². The van der Waals surface area contributed by atoms with Gasteiger partial charge in [-0.1, -0.05) is 23.7 Å². The molecule has 7 heteroatoms. The summed E-state index contributed by atoms with van der Waals surface area (Å²) in [4.78, 5) is 35.1. The van der Waals surface area contributed by atoms with Crippen LogP contribution in [-0.4, -0.2) is 36.5 Å². The fraction of sp³-hybridized carbons (Fsp3) is 0.400. The number of carbonyl (C=O) groups is 3. The molecular formula is C15H19ClN2O4. The van der Waals surface area contributed by atoms with Crippen LogP contribution in [0.1, 0.15) is 31.1 Å². The third-order valence-corrected chi connectivity index (χ3v) is 2.94. The zero-order valence-corrected chi connectivity index (χ0v) is 13.4. The summed E-state index contributed by atoms with van der Waals surface area (Å²) < 4.78 is 4.83. The van der Waals surface area contributed by atoms with E-state index in [1.54, 1.807) is 38.1 Å². The molecule has 0 aliphatic rings. The molecule has 0 fully saturated rings. The number of hydrogen-bond donors (Lipinski definition) is 2. The fourth-order valence-electron chi connectivity index (χ4n) is 1.60. The van der Waals surface area contributed by atoms with E-state index in [4.69, 9.17) is 16.3 Å². The average molecular weight is 327 g/mol. The molecule has 0 aliphatic carbocycles. The highest BCUT2D eigenvalue weighted by molar-refractivity contribution is 6.33. The van der Waals surface area contributed by atoms with E-state index in [1.165, 1.54) is 6.92 Å². The van der Waals surface area contributed by atoms with Crippen LogP contribution in [0.2, 0.25) is 5.02 Å². The minimum Gasteiger partial charge on any atom is -0.454 e. The molecule has 1 aromatic carbocycles. The van der Waals surface area contributed by atoms with E-state index in [2.05, 4.69) is 10.6 Å². The molecule has 0 saturated carbocycles. The van der Waals surface area contributed by atoms with Gasteiger partial charge in [-0.2, -0.15) is 0 Å². The monoisotopic (exact) mass is 326 g/mol. The number of carbonyl (C=O) groups excluding carboxylic acids is 3. The summed E-state index contributed by atoms with van der Waals surface area (Å²) in [5.41, 5.74) is 0.265. The first-order valence-electron chi connectivity index (χ1n) is 6.82. The lowest BCUT2D eigenvalue weighted by atomic mass is 10.2. The van der Waals surface area contributed by atoms with E-state index in [9.17, 15) is 14.4 Å². The maximum Gasteiger partial charge on any atom is 0.328 e. The van der Waals surface area contributed by atoms with Gasteiger partial charge in [-0.25, -0.2) is 4.79 Å². The van der Waals surface area contributed by atoms with Gasteiger partial charge in [0.05, 0.1) is 10.6 Å². The molecule has 0 radical (unpaired) electrons. The van der Waals surface area contributed by atoms with E-state index in [0.717, 1.165) is 0 Å². The molecule has 1 aromatic rings. The Morgan fingerprint density at radius 2 is 1.77 bits per heavy atom. The summed E-state index contributed by atoms with van der Waals surface area (Å²) in [6, 6.07) is 5.56. The van der Waals surface area contributed by atoms with Gasteiger partial charge < -0.3 is 15.4 Å². The van der Waals surface area contributed by atoms with Crippen molar-refractivity contribution in [2.75, 3.05) is 6.61 Å². The van der Waals surface area contributed by atoms with Crippen LogP contribution in [0, 0.1) is 0 Å². The molecule has 2 amide bonds. The molecule has 6 nitrogen and oxygen atoms in total. The molecule has 22 heavy (non-hydrogen) atoms. The van der Waals surface area contributed by atoms with Crippen LogP contribution in [0.25, 0.3) is 0 Å². The van der Waals surface area contributed by atoms with Gasteiger partial charge in [0.25, 0.3) is 11.8 Å². The zero-order chi connectivity index (χ0) is 16.7. The van der Waals surface area contributed by atoms with Crippen molar-refractivity contribution in [1.29, 1.82) is 0 Å². The van der Waals surface area contributed by atoms with E-state index >= 15 is 0 Å². The number of halogens is 1. The number of rotatable bonds is 6. The summed E-state index contributed by atoms with van der Waals surface area (Å²) in [6.45, 7) is 4.68. The Morgan fingerprint density at radius 3 is 2.36 bits per heavy atom. The number of nitrogens with one attached hydrogen (secondary N) is 2. The van der Waals surface area contributed by atoms with Gasteiger partial charge in [0.15, 0.2) is 6.61 Å². The Labute approximate surface area is 134 Å². The quantitative estimate of drug-likeness (QED) is 0.776. The van der Waals surface area contributed by atoms with Crippen LogP contribution < -0.4 is 10.6 Å². The van der Waals surface area contributed by atoms with Crippen molar-refractivity contribution in [2.45, 2.75) is 32.9 Å². The molecule has 0 bridgehead atoms. The fourth-order valence-corrected chi connectivity index (χ4v) is 1.83. The number of ether oxygens (including phenoxy) is 1. The highest BCUT2D eigenvalue weighted by atomic mass is 35.5. The maximum absolute atomic E-state index is 12.0. The topological polar surface area (TPSA) is 84.5 Å². The third-order valence-electron chi connectivity index (χ3n) is 2.61. The number of benzene rings is 1. The highest BCUT2D eigenvalue weighted by Gasteiger charge is 2.20. The first-order chi connectivity index (χ1) is 10.3. The van der Waals surface area contributed by atoms with Gasteiger partial charge >= 0.3 is 5.97 Å². The van der Waals surface area contributed by atoms with Crippen LogP contribution in [-0.2, 0) is 14.3 Å². The molecule has 1 unspecified atom stereocenters. The third kappa shape index (κ3) is 5.73. The normalized spacial score (nSPS) is 11.7. The van der Waals surface area contributed by atoms with Crippen molar-refractivity contribution >= 4 is 29.4 Å². The molecule has 120 valence electrons. The molecule has 0 aromatic heterocycles. The van der Waals surface area contributed by atoms with E-state index in [-0.39, 0.29) is 23.2 Å². The summed E-state index contributed by atoms with van der Waals surface area (Å²) in [5.74, 6) is -1.58. The molecule has 0 heterocycles. The van der Waals surface area contributed by atoms with Crippen molar-refractivity contribution in [1.82, 2.24) is 10.6 Å². The van der Waals surface area contributed by atoms with E-state index in [0.29, 0.717) is 0 Å². The van der Waals surface area contributed by atoms with Gasteiger partial charge in [0.2, 0.25) is 0 Å². The summed E-state index contributed by atoms with van der Waals surface area (Å²) in [5, 5.41) is 5.35. The average Bonchev–Trinajstić information content (AvgIpc) is 2.44. The molecule has 0 spiro atoms. The smallest absolute Gasteiger partial charge is 0.328 e. The maximum atomic E-state index is 12.0. The van der Waals surface area contributed by atoms with Gasteiger partial charge in [-0.05, 0) is 32.9 Å². The number of esters is 1. The lowest BCUT2D eigenvalue weighted by Crippen LogP contribution is -2.41. The lowest BCUT2D eigenvalue weighted by molar-refractivity contribution is -0.150. The molecule has 2 N–H and O–H groups in total. The summed E-state index contributed by atoms with van der Waals surface area (Å²) in [7, 11) is 0. The van der Waals surface area contributed by atoms with Gasteiger partial charge in [-0.3, -0.25) is 9.59 Å². The number of amides is 2. The van der Waals surface area contributed by atoms with Crippen molar-refractivity contribution in [2.24, 2.45) is 0 Å². The lowest BCUT2D eigenvalue weighted by Gasteiger charge is -2.14. The largest absolute Gasteiger partial charge is 0.454 e.